The van der Waals surface area contributed by atoms with E-state index in [1.807, 2.05) is 36.4 Å². The van der Waals surface area contributed by atoms with E-state index in [2.05, 4.69) is 23.2 Å². The summed E-state index contributed by atoms with van der Waals surface area (Å²) >= 11 is 0. The maximum absolute atomic E-state index is 6.91. The fourth-order valence-electron chi connectivity index (χ4n) is 1.92. The monoisotopic (exact) mass is 252 g/mol. The minimum absolute atomic E-state index is 0.656. The van der Waals surface area contributed by atoms with E-state index in [0.717, 1.165) is 23.5 Å². The Kier molecular flexibility index (Phi) is 4.04. The van der Waals surface area contributed by atoms with Gasteiger partial charge in [-0.05, 0) is 36.2 Å². The highest BCUT2D eigenvalue weighted by atomic mass is 16.5. The lowest BCUT2D eigenvalue weighted by Gasteiger charge is -2.12. The van der Waals surface area contributed by atoms with Gasteiger partial charge < -0.3 is 10.1 Å². The van der Waals surface area contributed by atoms with Gasteiger partial charge in [-0.1, -0.05) is 24.3 Å². The van der Waals surface area contributed by atoms with E-state index >= 15 is 0 Å². The van der Waals surface area contributed by atoms with Gasteiger partial charge in [0.15, 0.2) is 5.69 Å². The Labute approximate surface area is 113 Å². The summed E-state index contributed by atoms with van der Waals surface area (Å²) < 4.78 is 5.31. The number of nitrogens with zero attached hydrogens (tertiary/aromatic N) is 1. The van der Waals surface area contributed by atoms with E-state index in [1.54, 1.807) is 7.11 Å². The molecule has 0 heterocycles. The molecule has 1 N–H and O–H groups in total. The quantitative estimate of drug-likeness (QED) is 0.826. The van der Waals surface area contributed by atoms with Gasteiger partial charge in [-0.3, -0.25) is 0 Å². The first-order chi connectivity index (χ1) is 9.24. The second kappa shape index (κ2) is 5.92. The first kappa shape index (κ1) is 13.0. The van der Waals surface area contributed by atoms with Gasteiger partial charge in [-0.25, -0.2) is 4.85 Å². The van der Waals surface area contributed by atoms with E-state index in [1.165, 1.54) is 5.56 Å². The fourth-order valence-corrected chi connectivity index (χ4v) is 1.92. The Morgan fingerprint density at radius 2 is 1.89 bits per heavy atom. The van der Waals surface area contributed by atoms with E-state index in [4.69, 9.17) is 11.3 Å². The topological polar surface area (TPSA) is 25.6 Å². The maximum atomic E-state index is 6.91. The third-order valence-corrected chi connectivity index (χ3v) is 3.10. The third-order valence-electron chi connectivity index (χ3n) is 3.10. The number of hydrogen-bond acceptors (Lipinski definition) is 2. The molecule has 0 aliphatic heterocycles. The molecule has 0 unspecified atom stereocenters. The van der Waals surface area contributed by atoms with Crippen molar-refractivity contribution in [3.05, 3.63) is 65.0 Å². The lowest BCUT2D eigenvalue weighted by atomic mass is 10.1. The predicted octanol–water partition coefficient (Wildman–Crippen LogP) is 4.17. The Hall–Kier alpha value is -2.47. The molecular formula is C16H16N2O. The molecule has 2 rings (SSSR count). The molecule has 0 amide bonds. The van der Waals surface area contributed by atoms with E-state index < -0.39 is 0 Å². The van der Waals surface area contributed by atoms with Crippen molar-refractivity contribution in [1.29, 1.82) is 0 Å². The molecule has 0 bridgehead atoms. The summed E-state index contributed by atoms with van der Waals surface area (Å²) in [6.45, 7) is 9.70. The normalized spacial score (nSPS) is 9.74. The number of benzene rings is 2. The molecule has 2 aromatic carbocycles. The van der Waals surface area contributed by atoms with Gasteiger partial charge in [0, 0.05) is 12.2 Å². The summed E-state index contributed by atoms with van der Waals surface area (Å²) in [4.78, 5) is 3.37. The second-order valence-electron chi connectivity index (χ2n) is 4.26. The Bertz CT molecular complexity index is 597. The van der Waals surface area contributed by atoms with Crippen LogP contribution >= 0.6 is 0 Å². The summed E-state index contributed by atoms with van der Waals surface area (Å²) in [7, 11) is 1.68. The number of ether oxygens (including phenoxy) is 1. The van der Waals surface area contributed by atoms with Crippen molar-refractivity contribution in [2.45, 2.75) is 13.5 Å². The van der Waals surface area contributed by atoms with E-state index in [9.17, 15) is 0 Å². The number of hydrogen-bond donors (Lipinski definition) is 1. The van der Waals surface area contributed by atoms with Crippen molar-refractivity contribution in [3.8, 4) is 5.75 Å². The summed E-state index contributed by atoms with van der Waals surface area (Å²) in [5, 5.41) is 3.35. The number of rotatable bonds is 4. The molecule has 0 aromatic heterocycles. The van der Waals surface area contributed by atoms with Crippen LogP contribution in [0.1, 0.15) is 11.1 Å². The summed E-state index contributed by atoms with van der Waals surface area (Å²) in [5.74, 6) is 0.905. The number of anilines is 1. The molecule has 2 aromatic rings. The Morgan fingerprint density at radius 3 is 2.53 bits per heavy atom. The van der Waals surface area contributed by atoms with Crippen LogP contribution in [0.5, 0.6) is 5.75 Å². The Balaban J connectivity index is 2.08. The SMILES string of the molecule is [C-]#[N+]c1ccc(NCc2cccc(OC)c2C)cc1. The average Bonchev–Trinajstić information content (AvgIpc) is 2.47. The van der Waals surface area contributed by atoms with Crippen molar-refractivity contribution in [3.63, 3.8) is 0 Å². The predicted molar refractivity (Wildman–Crippen MR) is 77.8 cm³/mol. The van der Waals surface area contributed by atoms with Crippen molar-refractivity contribution in [2.24, 2.45) is 0 Å². The highest BCUT2D eigenvalue weighted by Gasteiger charge is 2.03. The van der Waals surface area contributed by atoms with Crippen molar-refractivity contribution < 1.29 is 4.74 Å². The smallest absolute Gasteiger partial charge is 0.187 e. The van der Waals surface area contributed by atoms with Crippen LogP contribution in [0.2, 0.25) is 0 Å². The molecule has 0 fully saturated rings. The molecule has 3 heteroatoms. The van der Waals surface area contributed by atoms with Gasteiger partial charge in [0.05, 0.1) is 13.7 Å². The first-order valence-corrected chi connectivity index (χ1v) is 6.08. The molecule has 0 aliphatic rings. The van der Waals surface area contributed by atoms with Crippen LogP contribution in [-0.2, 0) is 6.54 Å². The highest BCUT2D eigenvalue weighted by molar-refractivity contribution is 5.54. The minimum Gasteiger partial charge on any atom is -0.496 e. The van der Waals surface area contributed by atoms with Gasteiger partial charge in [0.2, 0.25) is 0 Å². The minimum atomic E-state index is 0.656. The molecule has 0 aliphatic carbocycles. The van der Waals surface area contributed by atoms with Crippen LogP contribution in [0.3, 0.4) is 0 Å². The van der Waals surface area contributed by atoms with Crippen molar-refractivity contribution in [1.82, 2.24) is 0 Å². The number of methoxy groups -OCH3 is 1. The summed E-state index contributed by atoms with van der Waals surface area (Å²) in [5.41, 5.74) is 4.02. The van der Waals surface area contributed by atoms with E-state index in [0.29, 0.717) is 5.69 Å². The summed E-state index contributed by atoms with van der Waals surface area (Å²) in [6, 6.07) is 13.5. The summed E-state index contributed by atoms with van der Waals surface area (Å²) in [6.07, 6.45) is 0. The molecular weight excluding hydrogens is 236 g/mol. The standard InChI is InChI=1S/C16H16N2O/c1-12-13(5-4-6-16(12)19-3)11-18-15-9-7-14(17-2)8-10-15/h4-10,18H,11H2,1,3H3. The lowest BCUT2D eigenvalue weighted by Crippen LogP contribution is -2.02. The zero-order valence-corrected chi connectivity index (χ0v) is 11.1. The largest absolute Gasteiger partial charge is 0.496 e. The fraction of sp³-hybridized carbons (Fsp3) is 0.188. The first-order valence-electron chi connectivity index (χ1n) is 6.08. The molecule has 0 atom stereocenters. The molecule has 0 saturated carbocycles. The second-order valence-corrected chi connectivity index (χ2v) is 4.26. The molecule has 19 heavy (non-hydrogen) atoms. The van der Waals surface area contributed by atoms with Crippen LogP contribution in [0, 0.1) is 13.5 Å². The van der Waals surface area contributed by atoms with Crippen LogP contribution < -0.4 is 10.1 Å². The van der Waals surface area contributed by atoms with Crippen LogP contribution in [0.25, 0.3) is 4.85 Å². The van der Waals surface area contributed by atoms with Crippen molar-refractivity contribution in [2.75, 3.05) is 12.4 Å². The molecule has 3 nitrogen and oxygen atoms in total. The van der Waals surface area contributed by atoms with Gasteiger partial charge in [0.1, 0.15) is 5.75 Å². The van der Waals surface area contributed by atoms with Gasteiger partial charge in [-0.15, -0.1) is 0 Å². The average molecular weight is 252 g/mol. The van der Waals surface area contributed by atoms with Crippen LogP contribution in [0.4, 0.5) is 11.4 Å². The zero-order chi connectivity index (χ0) is 13.7. The van der Waals surface area contributed by atoms with Crippen LogP contribution in [0.15, 0.2) is 42.5 Å². The number of nitrogens with one attached hydrogen (secondary N) is 1. The van der Waals surface area contributed by atoms with Crippen LogP contribution in [-0.4, -0.2) is 7.11 Å². The van der Waals surface area contributed by atoms with Gasteiger partial charge in [0.25, 0.3) is 0 Å². The third kappa shape index (κ3) is 3.05. The van der Waals surface area contributed by atoms with Crippen molar-refractivity contribution >= 4 is 11.4 Å². The molecule has 0 saturated heterocycles. The molecule has 96 valence electrons. The van der Waals surface area contributed by atoms with E-state index in [-0.39, 0.29) is 0 Å². The van der Waals surface area contributed by atoms with Gasteiger partial charge >= 0.3 is 0 Å². The van der Waals surface area contributed by atoms with Gasteiger partial charge in [-0.2, -0.15) is 0 Å². The molecule has 0 spiro atoms. The highest BCUT2D eigenvalue weighted by Crippen LogP contribution is 2.22. The maximum Gasteiger partial charge on any atom is 0.187 e. The molecule has 0 radical (unpaired) electrons. The lowest BCUT2D eigenvalue weighted by molar-refractivity contribution is 0.411. The zero-order valence-electron chi connectivity index (χ0n) is 11.1. The Morgan fingerprint density at radius 1 is 1.16 bits per heavy atom.